The number of nitrogens with zero attached hydrogens (tertiary/aromatic N) is 1. The van der Waals surface area contributed by atoms with Gasteiger partial charge in [-0.15, -0.1) is 0 Å². The lowest BCUT2D eigenvalue weighted by atomic mass is 9.77. The lowest BCUT2D eigenvalue weighted by molar-refractivity contribution is 0.109. The van der Waals surface area contributed by atoms with Crippen LogP contribution in [0.1, 0.15) is 130 Å². The fourth-order valence-corrected chi connectivity index (χ4v) is 7.19. The van der Waals surface area contributed by atoms with Crippen LogP contribution in [0.3, 0.4) is 0 Å². The van der Waals surface area contributed by atoms with E-state index in [1.807, 2.05) is 0 Å². The Hall–Kier alpha value is -3.01. The Bertz CT molecular complexity index is 1770. The maximum Gasteiger partial charge on any atom is 0.388 e. The van der Waals surface area contributed by atoms with Crippen LogP contribution < -0.4 is 4.52 Å². The molecule has 5 rings (SSSR count). The molecule has 5 nitrogen and oxygen atoms in total. The van der Waals surface area contributed by atoms with Gasteiger partial charge in [0.05, 0.1) is 0 Å². The minimum Gasteiger partial charge on any atom is -0.475 e. The largest absolute Gasteiger partial charge is 0.475 e. The van der Waals surface area contributed by atoms with Crippen molar-refractivity contribution in [2.24, 2.45) is 4.99 Å². The Balaban J connectivity index is 1.82. The minimum atomic E-state index is -1.88. The molecule has 0 radical (unpaired) electrons. The predicted octanol–water partition coefficient (Wildman–Crippen LogP) is 11.8. The molecule has 0 saturated heterocycles. The van der Waals surface area contributed by atoms with Crippen molar-refractivity contribution in [2.75, 3.05) is 6.61 Å². The van der Waals surface area contributed by atoms with Gasteiger partial charge in [0.25, 0.3) is 0 Å². The highest BCUT2D eigenvalue weighted by atomic mass is 31.1. The number of aryl methyl sites for hydroxylation is 1. The molecule has 0 N–H and O–H groups in total. The van der Waals surface area contributed by atoms with Crippen LogP contribution in [0.4, 0.5) is 0 Å². The van der Waals surface area contributed by atoms with E-state index >= 15 is 0 Å². The van der Waals surface area contributed by atoms with Gasteiger partial charge in [0, 0.05) is 27.5 Å². The minimum absolute atomic E-state index is 0.0598. The molecule has 254 valence electrons. The summed E-state index contributed by atoms with van der Waals surface area (Å²) < 4.78 is 27.1. The third kappa shape index (κ3) is 7.37. The van der Waals surface area contributed by atoms with Gasteiger partial charge in [-0.05, 0) is 77.8 Å². The second-order valence-electron chi connectivity index (χ2n) is 18.0. The van der Waals surface area contributed by atoms with E-state index in [2.05, 4.69) is 152 Å². The van der Waals surface area contributed by atoms with Gasteiger partial charge in [0.15, 0.2) is 0 Å². The zero-order chi connectivity index (χ0) is 34.9. The summed E-state index contributed by atoms with van der Waals surface area (Å²) in [5, 5.41) is 2.12. The van der Waals surface area contributed by atoms with E-state index in [0.29, 0.717) is 12.5 Å². The molecule has 0 saturated carbocycles. The smallest absolute Gasteiger partial charge is 0.388 e. The molecule has 2 heterocycles. The van der Waals surface area contributed by atoms with Gasteiger partial charge in [-0.25, -0.2) is 4.99 Å². The highest BCUT2D eigenvalue weighted by Crippen LogP contribution is 2.46. The van der Waals surface area contributed by atoms with Gasteiger partial charge in [0.2, 0.25) is 5.90 Å². The summed E-state index contributed by atoms with van der Waals surface area (Å²) in [6.45, 7) is 33.8. The van der Waals surface area contributed by atoms with E-state index in [9.17, 15) is 0 Å². The second-order valence-corrected chi connectivity index (χ2v) is 19.0. The van der Waals surface area contributed by atoms with E-state index < -0.39 is 13.8 Å². The van der Waals surface area contributed by atoms with Crippen LogP contribution in [0.15, 0.2) is 61.9 Å². The summed E-state index contributed by atoms with van der Waals surface area (Å²) in [5.41, 5.74) is 7.44. The molecule has 0 aliphatic carbocycles. The molecule has 1 aromatic heterocycles. The lowest BCUT2D eigenvalue weighted by Gasteiger charge is -2.27. The highest BCUT2D eigenvalue weighted by Gasteiger charge is 2.38. The first-order valence-electron chi connectivity index (χ1n) is 17.0. The van der Waals surface area contributed by atoms with E-state index in [-0.39, 0.29) is 27.7 Å². The number of fused-ring (bicyclic) bond motifs is 3. The Morgan fingerprint density at radius 3 is 1.49 bits per heavy atom. The first-order chi connectivity index (χ1) is 21.4. The molecular formula is C41H56NO4P. The zero-order valence-corrected chi connectivity index (χ0v) is 32.3. The van der Waals surface area contributed by atoms with E-state index in [4.69, 9.17) is 22.6 Å². The highest BCUT2D eigenvalue weighted by molar-refractivity contribution is 7.31. The zero-order valence-electron chi connectivity index (χ0n) is 31.4. The van der Waals surface area contributed by atoms with Crippen LogP contribution in [0.2, 0.25) is 0 Å². The van der Waals surface area contributed by atoms with Crippen molar-refractivity contribution in [2.45, 2.75) is 137 Å². The summed E-state index contributed by atoms with van der Waals surface area (Å²) >= 11 is 0. The molecular weight excluding hydrogens is 601 g/mol. The third-order valence-electron chi connectivity index (χ3n) is 9.21. The van der Waals surface area contributed by atoms with Gasteiger partial charge in [-0.2, -0.15) is 0 Å². The second kappa shape index (κ2) is 11.8. The van der Waals surface area contributed by atoms with Crippen molar-refractivity contribution in [1.82, 2.24) is 0 Å². The maximum atomic E-state index is 7.01. The third-order valence-corrected chi connectivity index (χ3v) is 10.5. The SMILES string of the molecule is Cc1ccc(C2=N[C@H](C(C)(C)Op3oc4c(C(C)(C)C)cc(C(C)(C)C)cc4c4cc(C(C)(C)C)cc(C(C)(C)C)c4o3)CO2)cc1. The standard InChI is InChI=1S/C41H56NO4P/c1-25-16-18-26(19-17-25)36-42-33(24-43-36)41(14,15)46-47-44-34-29(20-27(37(2,3)4)22-31(34)39(8,9)10)30-21-28(38(5,6)7)23-32(35(30)45-47)40(11,12)13/h16-23,33H,24H2,1-15H3/t33-/m0/s1. The summed E-state index contributed by atoms with van der Waals surface area (Å²) in [5.74, 6) is 0.646. The van der Waals surface area contributed by atoms with E-state index in [0.717, 1.165) is 38.6 Å². The van der Waals surface area contributed by atoms with Gasteiger partial charge in [-0.3, -0.25) is 4.52 Å². The monoisotopic (exact) mass is 657 g/mol. The molecule has 3 aromatic carbocycles. The average Bonchev–Trinajstić information content (AvgIpc) is 3.37. The van der Waals surface area contributed by atoms with Crippen molar-refractivity contribution < 1.29 is 17.7 Å². The van der Waals surface area contributed by atoms with Crippen LogP contribution in [0.25, 0.3) is 21.9 Å². The fraction of sp³-hybridized carbons (Fsp3) is 0.537. The number of benzene rings is 3. The Morgan fingerprint density at radius 2 is 1.09 bits per heavy atom. The normalized spacial score (nSPS) is 16.5. The lowest BCUT2D eigenvalue weighted by Crippen LogP contribution is -2.41. The van der Waals surface area contributed by atoms with Crippen molar-refractivity contribution in [1.29, 1.82) is 0 Å². The van der Waals surface area contributed by atoms with Crippen LogP contribution in [-0.4, -0.2) is 24.1 Å². The molecule has 0 bridgehead atoms. The first-order valence-corrected chi connectivity index (χ1v) is 18.1. The predicted molar refractivity (Wildman–Crippen MR) is 199 cm³/mol. The summed E-state index contributed by atoms with van der Waals surface area (Å²) in [4.78, 5) is 5.00. The number of ether oxygens (including phenoxy) is 1. The quantitative estimate of drug-likeness (QED) is 0.219. The van der Waals surface area contributed by atoms with Gasteiger partial charge >= 0.3 is 8.24 Å². The van der Waals surface area contributed by atoms with Gasteiger partial charge in [0.1, 0.15) is 29.4 Å². The van der Waals surface area contributed by atoms with Crippen LogP contribution in [-0.2, 0) is 26.4 Å². The Kier molecular flexibility index (Phi) is 8.90. The van der Waals surface area contributed by atoms with Crippen molar-refractivity contribution in [3.63, 3.8) is 0 Å². The Morgan fingerprint density at radius 1 is 0.638 bits per heavy atom. The molecule has 47 heavy (non-hydrogen) atoms. The van der Waals surface area contributed by atoms with Crippen LogP contribution in [0, 0.1) is 6.92 Å². The average molecular weight is 658 g/mol. The molecule has 0 spiro atoms. The summed E-state index contributed by atoms with van der Waals surface area (Å²) in [6.07, 6.45) is 0. The fourth-order valence-electron chi connectivity index (χ4n) is 5.88. The molecule has 4 aromatic rings. The van der Waals surface area contributed by atoms with Crippen molar-refractivity contribution in [3.8, 4) is 0 Å². The molecule has 0 fully saturated rings. The maximum absolute atomic E-state index is 7.01. The molecule has 1 aliphatic rings. The number of rotatable bonds is 4. The molecule has 6 heteroatoms. The molecule has 0 unspecified atom stereocenters. The van der Waals surface area contributed by atoms with Gasteiger partial charge in [-0.1, -0.05) is 113 Å². The molecule has 1 atom stereocenters. The summed E-state index contributed by atoms with van der Waals surface area (Å²) in [7, 11) is -1.88. The molecule has 1 aliphatic heterocycles. The number of hydrogen-bond donors (Lipinski definition) is 0. The molecule has 0 amide bonds. The van der Waals surface area contributed by atoms with E-state index in [1.54, 1.807) is 0 Å². The van der Waals surface area contributed by atoms with E-state index in [1.165, 1.54) is 16.7 Å². The van der Waals surface area contributed by atoms with Crippen LogP contribution >= 0.6 is 8.24 Å². The summed E-state index contributed by atoms with van der Waals surface area (Å²) in [6, 6.07) is 17.3. The van der Waals surface area contributed by atoms with Crippen molar-refractivity contribution in [3.05, 3.63) is 81.9 Å². The topological polar surface area (TPSA) is 57.1 Å². The Labute approximate surface area is 283 Å². The van der Waals surface area contributed by atoms with Crippen molar-refractivity contribution >= 4 is 36.1 Å². The van der Waals surface area contributed by atoms with Crippen LogP contribution in [0.5, 0.6) is 0 Å². The number of aliphatic imine (C=N–C) groups is 1. The van der Waals surface area contributed by atoms with Gasteiger partial charge < -0.3 is 13.1 Å². The first kappa shape index (κ1) is 35.3. The number of hydrogen-bond acceptors (Lipinski definition) is 5.